The normalized spacial score (nSPS) is 11.2. The fourth-order valence-electron chi connectivity index (χ4n) is 8.71. The van der Waals surface area contributed by atoms with Crippen LogP contribution in [0, 0.1) is 0 Å². The zero-order valence-electron chi connectivity index (χ0n) is 41.7. The first-order chi connectivity index (χ1) is 37.0. The van der Waals surface area contributed by atoms with E-state index in [-0.39, 0.29) is 56.5 Å². The van der Waals surface area contributed by atoms with Crippen molar-refractivity contribution >= 4 is 90.7 Å². The quantitative estimate of drug-likeness (QED) is 0.0509. The number of amides is 4. The number of nitrogens with one attached hydrogen (secondary N) is 4. The minimum atomic E-state index is -0.632. The second-order valence-electron chi connectivity index (χ2n) is 17.2. The van der Waals surface area contributed by atoms with Crippen molar-refractivity contribution in [3.63, 3.8) is 0 Å². The van der Waals surface area contributed by atoms with Gasteiger partial charge >= 0.3 is 0 Å². The van der Waals surface area contributed by atoms with Gasteiger partial charge in [0.25, 0.3) is 23.6 Å². The highest BCUT2D eigenvalue weighted by Crippen LogP contribution is 2.44. The summed E-state index contributed by atoms with van der Waals surface area (Å²) >= 11 is 0. The van der Waals surface area contributed by atoms with Crippen molar-refractivity contribution in [2.45, 2.75) is 26.7 Å². The molecule has 0 spiro atoms. The van der Waals surface area contributed by atoms with E-state index >= 15 is 0 Å². The molecule has 0 fully saturated rings. The lowest BCUT2D eigenvalue weighted by molar-refractivity contribution is 0.101. The number of azo groups is 2. The smallest absolute Gasteiger partial charge is 0.259 e. The number of carbonyl (C=O) groups excluding carboxylic acids is 4. The van der Waals surface area contributed by atoms with Gasteiger partial charge in [-0.2, -0.15) is 0 Å². The lowest BCUT2D eigenvalue weighted by Crippen LogP contribution is -2.16. The molecule has 0 unspecified atom stereocenters. The summed E-state index contributed by atoms with van der Waals surface area (Å²) in [6.45, 7) is 3.80. The molecular weight excluding hydrogens is 961 g/mol. The number of rotatable bonds is 16. The topological polar surface area (TPSA) is 225 Å². The molecule has 16 nitrogen and oxygen atoms in total. The Bertz CT molecular complexity index is 3520. The number of hydrogen-bond donors (Lipinski definition) is 6. The fraction of sp³-hybridized carbons (Fsp3) is 0.100. The first kappa shape index (κ1) is 50.7. The van der Waals surface area contributed by atoms with Gasteiger partial charge in [-0.25, -0.2) is 0 Å². The third-order valence-electron chi connectivity index (χ3n) is 12.5. The number of nitrogens with zero attached hydrogens (tertiary/aromatic N) is 4. The minimum Gasteiger partial charge on any atom is -0.505 e. The number of methoxy groups -OCH3 is 2. The van der Waals surface area contributed by atoms with Gasteiger partial charge in [-0.05, 0) is 108 Å². The number of aromatic hydroxyl groups is 2. The number of ether oxygens (including phenoxy) is 2. The Morgan fingerprint density at radius 2 is 0.789 bits per heavy atom. The lowest BCUT2D eigenvalue weighted by atomic mass is 10.00. The van der Waals surface area contributed by atoms with Crippen molar-refractivity contribution in [3.05, 3.63) is 203 Å². The summed E-state index contributed by atoms with van der Waals surface area (Å²) in [6, 6.07) is 48.5. The van der Waals surface area contributed by atoms with Crippen LogP contribution in [0.1, 0.15) is 66.4 Å². The van der Waals surface area contributed by atoms with Crippen LogP contribution in [0.5, 0.6) is 23.0 Å². The average Bonchev–Trinajstić information content (AvgIpc) is 3.45. The molecule has 0 saturated heterocycles. The molecule has 0 atom stereocenters. The van der Waals surface area contributed by atoms with E-state index in [9.17, 15) is 29.4 Å². The first-order valence-electron chi connectivity index (χ1n) is 24.2. The maximum atomic E-state index is 14.3. The van der Waals surface area contributed by atoms with Gasteiger partial charge in [0.05, 0.1) is 36.5 Å². The molecule has 9 aromatic carbocycles. The SMILES string of the molecule is CCc1cc(NC(=O)c2cc3ccccc3c(N=Nc3cccc(C(=O)Nc4ccccc4)c3OC)c2O)c(CC)cc1NC(=O)c1cc2ccccc2c(N=Nc2cccc(C(=O)Nc3ccccc3)c2OC)c1O. The van der Waals surface area contributed by atoms with Gasteiger partial charge in [-0.3, -0.25) is 19.2 Å². The number of carbonyl (C=O) groups is 4. The van der Waals surface area contributed by atoms with Crippen LogP contribution in [0.4, 0.5) is 45.5 Å². The third-order valence-corrected chi connectivity index (χ3v) is 12.5. The van der Waals surface area contributed by atoms with Crippen LogP contribution in [0.25, 0.3) is 21.5 Å². The maximum Gasteiger partial charge on any atom is 0.259 e. The zero-order valence-corrected chi connectivity index (χ0v) is 41.7. The number of aryl methyl sites for hydroxylation is 2. The van der Waals surface area contributed by atoms with Gasteiger partial charge in [0.15, 0.2) is 23.0 Å². The average molecular weight is 1010 g/mol. The zero-order chi connectivity index (χ0) is 53.3. The molecule has 0 radical (unpaired) electrons. The van der Waals surface area contributed by atoms with E-state index in [4.69, 9.17) is 9.47 Å². The molecule has 0 aliphatic heterocycles. The van der Waals surface area contributed by atoms with Gasteiger partial charge < -0.3 is 41.0 Å². The Kier molecular flexibility index (Phi) is 15.1. The highest BCUT2D eigenvalue weighted by atomic mass is 16.5. The molecule has 0 bridgehead atoms. The summed E-state index contributed by atoms with van der Waals surface area (Å²) in [5.41, 5.74) is 4.13. The molecule has 16 heteroatoms. The van der Waals surface area contributed by atoms with Crippen LogP contribution in [0.15, 0.2) is 190 Å². The van der Waals surface area contributed by atoms with Gasteiger partial charge in [-0.15, -0.1) is 20.5 Å². The highest BCUT2D eigenvalue weighted by molar-refractivity contribution is 6.14. The molecule has 0 aromatic heterocycles. The third kappa shape index (κ3) is 10.6. The second-order valence-corrected chi connectivity index (χ2v) is 17.2. The standard InChI is InChI=1S/C60H50N8O8/c1-5-35-33-50(64-60(74)46-32-38-20-14-16-26-42(38)52(54(46)70)68-66-48-30-18-28-44(56(48)76-4)58(72)62-40-23-11-8-12-24-40)36(6-2)34-49(35)63-59(73)45-31-37-19-13-15-25-41(37)51(53(45)69)67-65-47-29-17-27-43(55(47)75-3)57(71)61-39-21-9-7-10-22-39/h7-34,69-70H,5-6H2,1-4H3,(H,61,71)(H,62,72)(H,63,73)(H,64,74). The molecule has 0 heterocycles. The van der Waals surface area contributed by atoms with Crippen molar-refractivity contribution in [3.8, 4) is 23.0 Å². The van der Waals surface area contributed by atoms with Gasteiger partial charge in [0.1, 0.15) is 22.7 Å². The summed E-state index contributed by atoms with van der Waals surface area (Å²) < 4.78 is 11.3. The molecule has 0 aliphatic carbocycles. The number of para-hydroxylation sites is 4. The fourth-order valence-corrected chi connectivity index (χ4v) is 8.71. The van der Waals surface area contributed by atoms with E-state index < -0.39 is 35.1 Å². The first-order valence-corrected chi connectivity index (χ1v) is 24.2. The van der Waals surface area contributed by atoms with Crippen LogP contribution in [0.3, 0.4) is 0 Å². The Morgan fingerprint density at radius 3 is 1.17 bits per heavy atom. The molecule has 9 rings (SSSR count). The molecule has 6 N–H and O–H groups in total. The Morgan fingerprint density at radius 1 is 0.421 bits per heavy atom. The molecule has 378 valence electrons. The summed E-state index contributed by atoms with van der Waals surface area (Å²) in [5.74, 6) is -2.65. The van der Waals surface area contributed by atoms with Crippen LogP contribution < -0.4 is 30.7 Å². The van der Waals surface area contributed by atoms with Crippen molar-refractivity contribution < 1.29 is 38.9 Å². The maximum absolute atomic E-state index is 14.3. The Labute approximate surface area is 436 Å². The van der Waals surface area contributed by atoms with Crippen molar-refractivity contribution in [2.75, 3.05) is 35.5 Å². The highest BCUT2D eigenvalue weighted by Gasteiger charge is 2.24. The van der Waals surface area contributed by atoms with E-state index in [2.05, 4.69) is 41.7 Å². The van der Waals surface area contributed by atoms with E-state index in [1.807, 2.05) is 26.0 Å². The molecular formula is C60H50N8O8. The molecule has 9 aromatic rings. The molecule has 76 heavy (non-hydrogen) atoms. The summed E-state index contributed by atoms with van der Waals surface area (Å²) in [4.78, 5) is 55.3. The second kappa shape index (κ2) is 22.7. The predicted octanol–water partition coefficient (Wildman–Crippen LogP) is 14.4. The Balaban J connectivity index is 0.986. The summed E-state index contributed by atoms with van der Waals surface area (Å²) in [7, 11) is 2.83. The van der Waals surface area contributed by atoms with E-state index in [0.29, 0.717) is 68.3 Å². The summed E-state index contributed by atoms with van der Waals surface area (Å²) in [6.07, 6.45) is 0.862. The molecule has 0 aliphatic rings. The number of hydrogen-bond acceptors (Lipinski definition) is 12. The van der Waals surface area contributed by atoms with Crippen LogP contribution in [0.2, 0.25) is 0 Å². The minimum absolute atomic E-state index is 0.0199. The van der Waals surface area contributed by atoms with Crippen molar-refractivity contribution in [2.24, 2.45) is 20.5 Å². The van der Waals surface area contributed by atoms with Crippen LogP contribution in [-0.2, 0) is 12.8 Å². The monoisotopic (exact) mass is 1010 g/mol. The summed E-state index contributed by atoms with van der Waals surface area (Å²) in [5, 5.41) is 55.3. The Hall–Kier alpha value is -10.2. The number of anilines is 4. The number of benzene rings is 9. The number of phenols is 2. The van der Waals surface area contributed by atoms with Crippen molar-refractivity contribution in [1.82, 2.24) is 0 Å². The van der Waals surface area contributed by atoms with E-state index in [0.717, 1.165) is 0 Å². The van der Waals surface area contributed by atoms with Gasteiger partial charge in [0.2, 0.25) is 0 Å². The predicted molar refractivity (Wildman–Crippen MR) is 295 cm³/mol. The van der Waals surface area contributed by atoms with E-state index in [1.54, 1.807) is 158 Å². The van der Waals surface area contributed by atoms with Gasteiger partial charge in [0, 0.05) is 33.5 Å². The van der Waals surface area contributed by atoms with Crippen LogP contribution in [-0.4, -0.2) is 48.1 Å². The number of phenolic OH excluding ortho intramolecular Hbond substituents is 2. The molecule has 4 amide bonds. The lowest BCUT2D eigenvalue weighted by Gasteiger charge is -2.18. The van der Waals surface area contributed by atoms with Crippen molar-refractivity contribution in [1.29, 1.82) is 0 Å². The van der Waals surface area contributed by atoms with E-state index in [1.165, 1.54) is 14.2 Å². The van der Waals surface area contributed by atoms with Gasteiger partial charge in [-0.1, -0.05) is 111 Å². The number of fused-ring (bicyclic) bond motifs is 2. The van der Waals surface area contributed by atoms with Crippen LogP contribution >= 0.6 is 0 Å². The molecule has 0 saturated carbocycles. The largest absolute Gasteiger partial charge is 0.505 e.